The highest BCUT2D eigenvalue weighted by Gasteiger charge is 2.19. The number of nitrogens with two attached hydrogens (primary N) is 1. The number of nitrogen functional groups attached to an aromatic ring is 1. The summed E-state index contributed by atoms with van der Waals surface area (Å²) in [7, 11) is -3.72. The first kappa shape index (κ1) is 16.0. The van der Waals surface area contributed by atoms with E-state index >= 15 is 0 Å². The summed E-state index contributed by atoms with van der Waals surface area (Å²) in [6, 6.07) is 13.3. The molecular weight excluding hydrogens is 356 g/mol. The molecule has 4 N–H and O–H groups in total. The average molecular weight is 371 g/mol. The van der Waals surface area contributed by atoms with E-state index in [1.165, 1.54) is 18.2 Å². The van der Waals surface area contributed by atoms with Crippen LogP contribution < -0.4 is 10.5 Å². The highest BCUT2D eigenvalue weighted by Crippen LogP contribution is 2.24. The molecule has 0 saturated carbocycles. The highest BCUT2D eigenvalue weighted by atomic mass is 79.9. The molecule has 0 aliphatic carbocycles. The predicted molar refractivity (Wildman–Crippen MR) is 85.1 cm³/mol. The molecule has 7 heteroatoms. The average Bonchev–Trinajstić information content (AvgIpc) is 2.45. The van der Waals surface area contributed by atoms with Gasteiger partial charge in [-0.05, 0) is 39.7 Å². The van der Waals surface area contributed by atoms with Gasteiger partial charge < -0.3 is 10.8 Å². The normalized spacial score (nSPS) is 13.0. The van der Waals surface area contributed by atoms with Crippen LogP contribution in [0.5, 0.6) is 0 Å². The molecule has 2 rings (SSSR count). The lowest BCUT2D eigenvalue weighted by Gasteiger charge is -2.13. The molecule has 0 spiro atoms. The molecular formula is C14H15BrN2O3S. The number of anilines is 1. The molecule has 2 aromatic rings. The van der Waals surface area contributed by atoms with Crippen molar-refractivity contribution in [2.24, 2.45) is 0 Å². The van der Waals surface area contributed by atoms with E-state index < -0.39 is 16.1 Å². The zero-order valence-corrected chi connectivity index (χ0v) is 13.4. The van der Waals surface area contributed by atoms with Crippen molar-refractivity contribution in [1.82, 2.24) is 4.72 Å². The van der Waals surface area contributed by atoms with Crippen molar-refractivity contribution in [2.45, 2.75) is 11.0 Å². The number of aliphatic hydroxyl groups excluding tert-OH is 1. The largest absolute Gasteiger partial charge is 0.399 e. The molecule has 0 bridgehead atoms. The smallest absolute Gasteiger partial charge is 0.241 e. The number of hydrogen-bond acceptors (Lipinski definition) is 4. The van der Waals surface area contributed by atoms with Crippen LogP contribution in [-0.2, 0) is 10.0 Å². The summed E-state index contributed by atoms with van der Waals surface area (Å²) in [5.41, 5.74) is 6.70. The molecule has 1 atom stereocenters. The zero-order chi connectivity index (χ0) is 15.5. The minimum atomic E-state index is -3.72. The van der Waals surface area contributed by atoms with Crippen LogP contribution in [0, 0.1) is 0 Å². The van der Waals surface area contributed by atoms with Gasteiger partial charge in [-0.25, -0.2) is 13.1 Å². The van der Waals surface area contributed by atoms with Crippen LogP contribution in [0.2, 0.25) is 0 Å². The Bertz CT molecular complexity index is 720. The molecule has 112 valence electrons. The number of halogens is 1. The maximum Gasteiger partial charge on any atom is 0.241 e. The van der Waals surface area contributed by atoms with Crippen molar-refractivity contribution in [3.05, 3.63) is 58.6 Å². The van der Waals surface area contributed by atoms with E-state index in [1.807, 2.05) is 6.07 Å². The fourth-order valence-electron chi connectivity index (χ4n) is 1.79. The maximum absolute atomic E-state index is 12.2. The molecule has 21 heavy (non-hydrogen) atoms. The van der Waals surface area contributed by atoms with Gasteiger partial charge in [0.05, 0.1) is 11.0 Å². The summed E-state index contributed by atoms with van der Waals surface area (Å²) in [6.45, 7) is -0.108. The Hall–Kier alpha value is -1.41. The van der Waals surface area contributed by atoms with Gasteiger partial charge in [0.25, 0.3) is 0 Å². The van der Waals surface area contributed by atoms with Crippen molar-refractivity contribution < 1.29 is 13.5 Å². The van der Waals surface area contributed by atoms with Gasteiger partial charge in [0.1, 0.15) is 0 Å². The van der Waals surface area contributed by atoms with Gasteiger partial charge >= 0.3 is 0 Å². The van der Waals surface area contributed by atoms with Crippen molar-refractivity contribution in [1.29, 1.82) is 0 Å². The number of rotatable bonds is 5. The quantitative estimate of drug-likeness (QED) is 0.702. The summed E-state index contributed by atoms with van der Waals surface area (Å²) < 4.78 is 27.2. The second-order valence-electron chi connectivity index (χ2n) is 4.47. The number of nitrogens with one attached hydrogen (secondary N) is 1. The molecule has 0 radical (unpaired) electrons. The van der Waals surface area contributed by atoms with Crippen LogP contribution in [0.4, 0.5) is 5.69 Å². The first-order valence-electron chi connectivity index (χ1n) is 6.18. The van der Waals surface area contributed by atoms with E-state index in [-0.39, 0.29) is 11.4 Å². The molecule has 5 nitrogen and oxygen atoms in total. The monoisotopic (exact) mass is 370 g/mol. The maximum atomic E-state index is 12.2. The Balaban J connectivity index is 2.11. The Morgan fingerprint density at radius 1 is 1.19 bits per heavy atom. The van der Waals surface area contributed by atoms with Gasteiger partial charge in [-0.15, -0.1) is 0 Å². The zero-order valence-electron chi connectivity index (χ0n) is 11.0. The molecule has 2 aromatic carbocycles. The van der Waals surface area contributed by atoms with E-state index in [1.54, 1.807) is 24.3 Å². The van der Waals surface area contributed by atoms with Crippen molar-refractivity contribution in [2.75, 3.05) is 12.3 Å². The van der Waals surface area contributed by atoms with E-state index in [0.29, 0.717) is 15.7 Å². The lowest BCUT2D eigenvalue weighted by atomic mass is 10.1. The number of sulfonamides is 1. The van der Waals surface area contributed by atoms with Gasteiger partial charge in [-0.1, -0.05) is 30.3 Å². The summed E-state index contributed by atoms with van der Waals surface area (Å²) >= 11 is 3.17. The standard InChI is InChI=1S/C14H15BrN2O3S/c15-12-8-11(16)6-7-14(12)21(19,20)17-9-13(18)10-4-2-1-3-5-10/h1-8,13,17-18H,9,16H2. The van der Waals surface area contributed by atoms with Gasteiger partial charge in [0, 0.05) is 16.7 Å². The van der Waals surface area contributed by atoms with Crippen LogP contribution in [0.15, 0.2) is 57.9 Å². The summed E-state index contributed by atoms with van der Waals surface area (Å²) in [4.78, 5) is 0.0805. The highest BCUT2D eigenvalue weighted by molar-refractivity contribution is 9.10. The second kappa shape index (κ2) is 6.57. The topological polar surface area (TPSA) is 92.4 Å². The number of benzene rings is 2. The molecule has 0 aliphatic rings. The summed E-state index contributed by atoms with van der Waals surface area (Å²) in [5.74, 6) is 0. The third-order valence-electron chi connectivity index (χ3n) is 2.90. The fraction of sp³-hybridized carbons (Fsp3) is 0.143. The van der Waals surface area contributed by atoms with E-state index in [4.69, 9.17) is 5.73 Å². The molecule has 0 saturated heterocycles. The van der Waals surface area contributed by atoms with Crippen LogP contribution in [0.3, 0.4) is 0 Å². The molecule has 0 heterocycles. The van der Waals surface area contributed by atoms with Crippen molar-refractivity contribution in [3.8, 4) is 0 Å². The van der Waals surface area contributed by atoms with Gasteiger partial charge in [0.15, 0.2) is 0 Å². The summed E-state index contributed by atoms with van der Waals surface area (Å²) in [5, 5.41) is 9.99. The molecule has 0 fully saturated rings. The van der Waals surface area contributed by atoms with Crippen LogP contribution in [0.25, 0.3) is 0 Å². The number of aliphatic hydroxyl groups is 1. The van der Waals surface area contributed by atoms with Crippen molar-refractivity contribution >= 4 is 31.6 Å². The van der Waals surface area contributed by atoms with Crippen LogP contribution >= 0.6 is 15.9 Å². The second-order valence-corrected chi connectivity index (χ2v) is 7.06. The van der Waals surface area contributed by atoms with E-state index in [2.05, 4.69) is 20.7 Å². The van der Waals surface area contributed by atoms with Crippen molar-refractivity contribution in [3.63, 3.8) is 0 Å². The lowest BCUT2D eigenvalue weighted by Crippen LogP contribution is -2.28. The van der Waals surface area contributed by atoms with Gasteiger partial charge in [-0.3, -0.25) is 0 Å². The molecule has 0 aromatic heterocycles. The third-order valence-corrected chi connectivity index (χ3v) is 5.30. The predicted octanol–water partition coefficient (Wildman–Crippen LogP) is 2.04. The summed E-state index contributed by atoms with van der Waals surface area (Å²) in [6.07, 6.45) is -0.909. The molecule has 0 aliphatic heterocycles. The van der Waals surface area contributed by atoms with Crippen LogP contribution in [0.1, 0.15) is 11.7 Å². The van der Waals surface area contributed by atoms with Gasteiger partial charge in [0.2, 0.25) is 10.0 Å². The van der Waals surface area contributed by atoms with Gasteiger partial charge in [-0.2, -0.15) is 0 Å². The Labute approximate surface area is 132 Å². The van der Waals surface area contributed by atoms with E-state index in [9.17, 15) is 13.5 Å². The Morgan fingerprint density at radius 3 is 2.48 bits per heavy atom. The first-order valence-corrected chi connectivity index (χ1v) is 8.45. The number of hydrogen-bond donors (Lipinski definition) is 3. The first-order chi connectivity index (χ1) is 9.90. The minimum Gasteiger partial charge on any atom is -0.399 e. The SMILES string of the molecule is Nc1ccc(S(=O)(=O)NCC(O)c2ccccc2)c(Br)c1. The molecule has 0 amide bonds. The van der Waals surface area contributed by atoms with E-state index in [0.717, 1.165) is 0 Å². The lowest BCUT2D eigenvalue weighted by molar-refractivity contribution is 0.182. The third kappa shape index (κ3) is 4.04. The fourth-order valence-corrected chi connectivity index (χ4v) is 3.93. The Morgan fingerprint density at radius 2 is 1.86 bits per heavy atom. The minimum absolute atomic E-state index is 0.0805. The molecule has 1 unspecified atom stereocenters. The Kier molecular flexibility index (Phi) is 5.00. The van der Waals surface area contributed by atoms with Crippen LogP contribution in [-0.4, -0.2) is 20.1 Å².